The molecule has 0 atom stereocenters. The zero-order valence-corrected chi connectivity index (χ0v) is 21.7. The van der Waals surface area contributed by atoms with Gasteiger partial charge in [-0.25, -0.2) is 0 Å². The average molecular weight is 498 g/mol. The molecule has 0 spiro atoms. The molecule has 1 nitrogen and oxygen atoms in total. The molecule has 1 aliphatic rings. The van der Waals surface area contributed by atoms with Crippen LogP contribution in [0.1, 0.15) is 23.1 Å². The van der Waals surface area contributed by atoms with Gasteiger partial charge in [0.25, 0.3) is 0 Å². The minimum Gasteiger partial charge on any atom is -0.198 e. The molecule has 0 saturated carbocycles. The van der Waals surface area contributed by atoms with E-state index < -0.39 is 0 Å². The number of hydrogen-bond donors (Lipinski definition) is 0. The zero-order chi connectivity index (χ0) is 26.2. The smallest absolute Gasteiger partial charge is 0.0669 e. The van der Waals surface area contributed by atoms with Crippen LogP contribution in [0.25, 0.3) is 61.0 Å². The molecule has 39 heavy (non-hydrogen) atoms. The van der Waals surface area contributed by atoms with Crippen molar-refractivity contribution in [3.05, 3.63) is 138 Å². The fraction of sp³-hybridized carbons (Fsp3) is 0.0789. The van der Waals surface area contributed by atoms with Crippen molar-refractivity contribution in [1.29, 1.82) is 5.26 Å². The van der Waals surface area contributed by atoms with Gasteiger partial charge >= 0.3 is 0 Å². The first-order valence-corrected chi connectivity index (χ1v) is 13.6. The van der Waals surface area contributed by atoms with E-state index in [0.717, 1.165) is 24.0 Å². The summed E-state index contributed by atoms with van der Waals surface area (Å²) in [6.07, 6.45) is 7.22. The van der Waals surface area contributed by atoms with E-state index in [9.17, 15) is 0 Å². The van der Waals surface area contributed by atoms with Crippen molar-refractivity contribution in [3.8, 4) is 39.4 Å². The first kappa shape index (κ1) is 23.2. The Labute approximate surface area is 229 Å². The van der Waals surface area contributed by atoms with Gasteiger partial charge in [0.1, 0.15) is 0 Å². The van der Waals surface area contributed by atoms with Gasteiger partial charge in [-0.05, 0) is 96.6 Å². The number of hydrogen-bond acceptors (Lipinski definition) is 1. The quantitative estimate of drug-likeness (QED) is 0.222. The molecule has 1 heteroatoms. The summed E-state index contributed by atoms with van der Waals surface area (Å²) in [5.74, 6) is 0. The Kier molecular flexibility index (Phi) is 5.80. The van der Waals surface area contributed by atoms with Crippen LogP contribution in [0.5, 0.6) is 0 Å². The highest BCUT2D eigenvalue weighted by molar-refractivity contribution is 6.22. The van der Waals surface area contributed by atoms with Crippen LogP contribution in [-0.2, 0) is 12.8 Å². The molecule has 0 fully saturated rings. The molecule has 0 N–H and O–H groups in total. The van der Waals surface area contributed by atoms with Crippen molar-refractivity contribution in [1.82, 2.24) is 0 Å². The van der Waals surface area contributed by atoms with Gasteiger partial charge in [-0.15, -0.1) is 0 Å². The Balaban J connectivity index is 1.55. The predicted octanol–water partition coefficient (Wildman–Crippen LogP) is 10.0. The van der Waals surface area contributed by atoms with Crippen molar-refractivity contribution in [3.63, 3.8) is 0 Å². The largest absolute Gasteiger partial charge is 0.198 e. The summed E-state index contributed by atoms with van der Waals surface area (Å²) in [4.78, 5) is 0. The minimum absolute atomic E-state index is 0.432. The summed E-state index contributed by atoms with van der Waals surface area (Å²) >= 11 is 0. The van der Waals surface area contributed by atoms with E-state index in [-0.39, 0.29) is 0 Å². The summed E-state index contributed by atoms with van der Waals surface area (Å²) in [7, 11) is 0. The van der Waals surface area contributed by atoms with E-state index in [1.165, 1.54) is 60.5 Å². The highest BCUT2D eigenvalue weighted by Gasteiger charge is 2.18. The number of allylic oxidation sites excluding steroid dienone is 1. The summed E-state index contributed by atoms with van der Waals surface area (Å²) in [6.45, 7) is 0. The van der Waals surface area contributed by atoms with Gasteiger partial charge in [-0.2, -0.15) is 5.26 Å². The molecule has 1 aliphatic carbocycles. The Morgan fingerprint density at radius 1 is 0.564 bits per heavy atom. The van der Waals surface area contributed by atoms with Crippen molar-refractivity contribution in [2.45, 2.75) is 19.3 Å². The molecule has 6 aromatic rings. The maximum Gasteiger partial charge on any atom is 0.0669 e. The van der Waals surface area contributed by atoms with E-state index in [2.05, 4.69) is 133 Å². The maximum absolute atomic E-state index is 9.08. The van der Waals surface area contributed by atoms with E-state index >= 15 is 0 Å². The van der Waals surface area contributed by atoms with Gasteiger partial charge < -0.3 is 0 Å². The summed E-state index contributed by atoms with van der Waals surface area (Å²) in [6, 6.07) is 44.1. The third kappa shape index (κ3) is 4.12. The second kappa shape index (κ2) is 9.75. The van der Waals surface area contributed by atoms with Gasteiger partial charge in [0, 0.05) is 0 Å². The molecular formula is C38H27N. The zero-order valence-electron chi connectivity index (χ0n) is 21.7. The number of rotatable bonds is 4. The highest BCUT2D eigenvalue weighted by Crippen LogP contribution is 2.45. The van der Waals surface area contributed by atoms with Gasteiger partial charge in [0.15, 0.2) is 0 Å². The summed E-state index contributed by atoms with van der Waals surface area (Å²) < 4.78 is 0. The molecule has 0 aliphatic heterocycles. The molecule has 0 unspecified atom stereocenters. The van der Waals surface area contributed by atoms with Crippen molar-refractivity contribution < 1.29 is 0 Å². The van der Waals surface area contributed by atoms with Crippen molar-refractivity contribution in [2.75, 3.05) is 0 Å². The Hall–Kier alpha value is -4.93. The summed E-state index contributed by atoms with van der Waals surface area (Å²) in [5.41, 5.74) is 11.2. The number of fused-ring (bicyclic) bond motifs is 3. The lowest BCUT2D eigenvalue weighted by molar-refractivity contribution is 0.986. The molecule has 0 heterocycles. The first-order valence-electron chi connectivity index (χ1n) is 13.6. The standard InChI is InChI=1S/C38H27N/c39-23-22-26-14-16-28(17-15-26)31-20-21-35-36(25-31)37(29-9-2-1-3-10-29)33-12-6-7-13-34(33)38(35)32-19-18-27-8-4-5-11-30(27)24-32/h1-3,5-7,9-21,24-25H,4,8,22H2. The third-order valence-corrected chi connectivity index (χ3v) is 7.97. The van der Waals surface area contributed by atoms with Gasteiger partial charge in [-0.3, -0.25) is 0 Å². The molecule has 0 amide bonds. The van der Waals surface area contributed by atoms with Crippen molar-refractivity contribution in [2.24, 2.45) is 0 Å². The molecular weight excluding hydrogens is 470 g/mol. The third-order valence-electron chi connectivity index (χ3n) is 7.97. The topological polar surface area (TPSA) is 23.8 Å². The minimum atomic E-state index is 0.432. The Morgan fingerprint density at radius 3 is 2.00 bits per heavy atom. The molecule has 0 radical (unpaired) electrons. The van der Waals surface area contributed by atoms with Crippen LogP contribution >= 0.6 is 0 Å². The lowest BCUT2D eigenvalue weighted by Gasteiger charge is -2.20. The fourth-order valence-electron chi connectivity index (χ4n) is 6.07. The lowest BCUT2D eigenvalue weighted by atomic mass is 9.84. The number of benzene rings is 6. The molecule has 184 valence electrons. The fourth-order valence-corrected chi connectivity index (χ4v) is 6.07. The van der Waals surface area contributed by atoms with Crippen LogP contribution in [0.15, 0.2) is 121 Å². The predicted molar refractivity (Wildman–Crippen MR) is 164 cm³/mol. The van der Waals surface area contributed by atoms with Crippen LogP contribution in [0.4, 0.5) is 0 Å². The van der Waals surface area contributed by atoms with Gasteiger partial charge in [0.2, 0.25) is 0 Å². The van der Waals surface area contributed by atoms with E-state index in [4.69, 9.17) is 5.26 Å². The van der Waals surface area contributed by atoms with Crippen LogP contribution in [0, 0.1) is 11.3 Å². The Morgan fingerprint density at radius 2 is 1.23 bits per heavy atom. The molecule has 0 aromatic heterocycles. The second-order valence-corrected chi connectivity index (χ2v) is 10.3. The van der Waals surface area contributed by atoms with E-state index in [1.807, 2.05) is 0 Å². The summed E-state index contributed by atoms with van der Waals surface area (Å²) in [5, 5.41) is 14.1. The number of nitriles is 1. The number of nitrogens with zero attached hydrogens (tertiary/aromatic N) is 1. The molecule has 7 rings (SSSR count). The van der Waals surface area contributed by atoms with Gasteiger partial charge in [0.05, 0.1) is 12.5 Å². The average Bonchev–Trinajstić information content (AvgIpc) is 3.00. The first-order chi connectivity index (χ1) is 19.3. The SMILES string of the molecule is N#CCc1ccc(-c2ccc3c(-c4ccc5c(c4)C=CCC5)c4ccccc4c(-c4ccccc4)c3c2)cc1. The Bertz CT molecular complexity index is 1920. The maximum atomic E-state index is 9.08. The monoisotopic (exact) mass is 497 g/mol. The van der Waals surface area contributed by atoms with Crippen LogP contribution in [-0.4, -0.2) is 0 Å². The van der Waals surface area contributed by atoms with E-state index in [1.54, 1.807) is 0 Å². The van der Waals surface area contributed by atoms with Crippen molar-refractivity contribution >= 4 is 27.6 Å². The van der Waals surface area contributed by atoms with Crippen LogP contribution in [0.3, 0.4) is 0 Å². The molecule has 6 aromatic carbocycles. The van der Waals surface area contributed by atoms with E-state index in [0.29, 0.717) is 6.42 Å². The van der Waals surface area contributed by atoms with Crippen LogP contribution in [0.2, 0.25) is 0 Å². The second-order valence-electron chi connectivity index (χ2n) is 10.3. The highest BCUT2D eigenvalue weighted by atomic mass is 14.2. The lowest BCUT2D eigenvalue weighted by Crippen LogP contribution is -1.96. The normalized spacial score (nSPS) is 12.4. The van der Waals surface area contributed by atoms with Gasteiger partial charge in [-0.1, -0.05) is 115 Å². The number of aryl methyl sites for hydroxylation is 1. The molecule has 0 bridgehead atoms. The molecule has 0 saturated heterocycles. The van der Waals surface area contributed by atoms with Crippen LogP contribution < -0.4 is 0 Å².